The van der Waals surface area contributed by atoms with Gasteiger partial charge in [-0.15, -0.1) is 0 Å². The molecule has 0 aromatic heterocycles. The van der Waals surface area contributed by atoms with Crippen molar-refractivity contribution < 1.29 is 42.1 Å². The average molecular weight is 1020 g/mol. The van der Waals surface area contributed by atoms with Gasteiger partial charge in [-0.2, -0.15) is 0 Å². The van der Waals surface area contributed by atoms with Crippen LogP contribution >= 0.6 is 0 Å². The summed E-state index contributed by atoms with van der Waals surface area (Å²) in [5.41, 5.74) is 12.2. The van der Waals surface area contributed by atoms with Crippen molar-refractivity contribution in [3.63, 3.8) is 0 Å². The van der Waals surface area contributed by atoms with Crippen LogP contribution in [0.4, 0.5) is 13.6 Å². The van der Waals surface area contributed by atoms with Crippen molar-refractivity contribution >= 4 is 23.6 Å². The molecular weight excluding hydrogens is 959 g/mol. The van der Waals surface area contributed by atoms with E-state index in [1.807, 2.05) is 166 Å². The van der Waals surface area contributed by atoms with Gasteiger partial charge in [-0.25, -0.2) is 13.6 Å². The molecule has 0 bridgehead atoms. The van der Waals surface area contributed by atoms with Crippen molar-refractivity contribution in [2.24, 2.45) is 4.99 Å². The van der Waals surface area contributed by atoms with E-state index in [-0.39, 0.29) is 48.6 Å². The molecular formula is C65H60F2N2O7. The summed E-state index contributed by atoms with van der Waals surface area (Å²) >= 11 is 0. The predicted molar refractivity (Wildman–Crippen MR) is 293 cm³/mol. The smallest absolute Gasteiger partial charge is 0.407 e. The van der Waals surface area contributed by atoms with Crippen LogP contribution in [0.2, 0.25) is 0 Å². The molecule has 1 amide bonds. The van der Waals surface area contributed by atoms with Gasteiger partial charge in [0, 0.05) is 41.2 Å². The lowest BCUT2D eigenvalue weighted by atomic mass is 9.95. The third-order valence-electron chi connectivity index (χ3n) is 13.0. The second-order valence-corrected chi connectivity index (χ2v) is 18.8. The van der Waals surface area contributed by atoms with Crippen LogP contribution in [0.5, 0.6) is 11.5 Å². The number of halogens is 2. The Hall–Kier alpha value is -8.70. The topological polar surface area (TPSA) is 113 Å². The quantitative estimate of drug-likeness (QED) is 0.0634. The molecule has 0 heterocycles. The molecule has 1 aliphatic carbocycles. The SMILES string of the molecule is Cc1ccc(COc2ccc(C(C)CC(=O)CN=C(c3ccccc3)c3ccccc3)c(F)c2)cc1.Cc1ccc(COc2ccc(C(C)OC(=O)CNC(=O)OCC3c4ccccc4-c4ccccc43)c(F)c2)cc1. The van der Waals surface area contributed by atoms with Gasteiger partial charge in [0.25, 0.3) is 0 Å². The first kappa shape index (κ1) is 53.6. The normalized spacial score (nSPS) is 12.1. The Morgan fingerprint density at radius 3 is 1.55 bits per heavy atom. The van der Waals surface area contributed by atoms with Crippen LogP contribution in [0.1, 0.15) is 93.8 Å². The molecule has 2 unspecified atom stereocenters. The van der Waals surface area contributed by atoms with E-state index >= 15 is 0 Å². The number of alkyl carbamates (subject to hydrolysis) is 1. The molecule has 0 aliphatic heterocycles. The first-order chi connectivity index (χ1) is 36.9. The molecule has 0 spiro atoms. The minimum Gasteiger partial charge on any atom is -0.489 e. The van der Waals surface area contributed by atoms with Crippen LogP contribution < -0.4 is 14.8 Å². The standard InChI is InChI=1S/C33H30FNO5.C32H30FNO2/c1-21-11-13-23(14-12-21)19-38-24-15-16-25(31(34)17-24)22(2)40-32(36)18-35-33(37)39-20-30-28-9-5-3-7-26(28)27-8-4-6-10-29(27)30;1-23-13-15-25(16-14-23)22-36-29-17-18-30(31(33)20-29)24(2)19-28(35)21-34-32(26-9-5-3-6-10-26)27-11-7-4-8-12-27/h3-17,22,30H,18-20H2,1-2H3,(H,35,37);3-18,20,24H,19,21-22H2,1-2H3. The molecule has 0 fully saturated rings. The predicted octanol–water partition coefficient (Wildman–Crippen LogP) is 14.2. The Kier molecular flexibility index (Phi) is 18.3. The highest BCUT2D eigenvalue weighted by Gasteiger charge is 2.29. The molecule has 0 saturated heterocycles. The second-order valence-electron chi connectivity index (χ2n) is 18.8. The number of hydrogen-bond donors (Lipinski definition) is 1. The van der Waals surface area contributed by atoms with Gasteiger partial charge in [-0.3, -0.25) is 14.6 Å². The number of rotatable bonds is 19. The number of aryl methyl sites for hydroxylation is 2. The zero-order valence-corrected chi connectivity index (χ0v) is 43.0. The summed E-state index contributed by atoms with van der Waals surface area (Å²) in [6.45, 7) is 7.92. The summed E-state index contributed by atoms with van der Waals surface area (Å²) in [5, 5.41) is 2.42. The molecule has 8 aromatic rings. The molecule has 386 valence electrons. The zero-order valence-electron chi connectivity index (χ0n) is 43.0. The third-order valence-corrected chi connectivity index (χ3v) is 13.0. The monoisotopic (exact) mass is 1020 g/mol. The fourth-order valence-electron chi connectivity index (χ4n) is 8.95. The lowest BCUT2D eigenvalue weighted by Gasteiger charge is -2.16. The molecule has 11 heteroatoms. The first-order valence-corrected chi connectivity index (χ1v) is 25.3. The van der Waals surface area contributed by atoms with Crippen molar-refractivity contribution in [3.8, 4) is 22.6 Å². The first-order valence-electron chi connectivity index (χ1n) is 25.3. The molecule has 1 aliphatic rings. The number of hydrogen-bond acceptors (Lipinski definition) is 8. The highest BCUT2D eigenvalue weighted by molar-refractivity contribution is 6.13. The zero-order chi connectivity index (χ0) is 53.4. The Bertz CT molecular complexity index is 3190. The van der Waals surface area contributed by atoms with E-state index in [0.29, 0.717) is 30.3 Å². The number of carbonyl (C=O) groups is 3. The number of benzene rings is 8. The van der Waals surface area contributed by atoms with Crippen LogP contribution in [-0.2, 0) is 32.3 Å². The van der Waals surface area contributed by atoms with Gasteiger partial charge in [0.1, 0.15) is 55.6 Å². The lowest BCUT2D eigenvalue weighted by molar-refractivity contribution is -0.147. The summed E-state index contributed by atoms with van der Waals surface area (Å²) in [4.78, 5) is 42.1. The van der Waals surface area contributed by atoms with Crippen molar-refractivity contribution in [1.29, 1.82) is 0 Å². The summed E-state index contributed by atoms with van der Waals surface area (Å²) in [6, 6.07) is 60.9. The number of ketones is 1. The average Bonchev–Trinajstić information content (AvgIpc) is 3.79. The highest BCUT2D eigenvalue weighted by atomic mass is 19.1. The van der Waals surface area contributed by atoms with E-state index in [2.05, 4.69) is 22.4 Å². The van der Waals surface area contributed by atoms with Crippen molar-refractivity contribution in [3.05, 3.63) is 261 Å². The summed E-state index contributed by atoms with van der Waals surface area (Å²) in [5.74, 6) is -1.17. The number of aliphatic imine (C=N–C) groups is 1. The lowest BCUT2D eigenvalue weighted by Crippen LogP contribution is -2.32. The van der Waals surface area contributed by atoms with E-state index in [1.54, 1.807) is 25.1 Å². The fraction of sp³-hybridized carbons (Fsp3) is 0.200. The van der Waals surface area contributed by atoms with Gasteiger partial charge in [-0.1, -0.05) is 182 Å². The molecule has 0 saturated carbocycles. The van der Waals surface area contributed by atoms with Gasteiger partial charge in [0.05, 0.1) is 12.3 Å². The van der Waals surface area contributed by atoms with Gasteiger partial charge >= 0.3 is 12.1 Å². The number of Topliss-reactive ketones (excluding diaryl/α,β-unsaturated/α-hetero) is 1. The van der Waals surface area contributed by atoms with Crippen LogP contribution in [0, 0.1) is 25.5 Å². The van der Waals surface area contributed by atoms with E-state index in [0.717, 1.165) is 55.8 Å². The van der Waals surface area contributed by atoms with Gasteiger partial charge in [0.15, 0.2) is 5.78 Å². The van der Waals surface area contributed by atoms with Crippen molar-refractivity contribution in [1.82, 2.24) is 5.32 Å². The van der Waals surface area contributed by atoms with E-state index in [1.165, 1.54) is 23.8 Å². The largest absolute Gasteiger partial charge is 0.489 e. The maximum atomic E-state index is 14.9. The number of fused-ring (bicyclic) bond motifs is 3. The van der Waals surface area contributed by atoms with E-state index < -0.39 is 30.5 Å². The van der Waals surface area contributed by atoms with Crippen LogP contribution in [0.25, 0.3) is 11.1 Å². The number of amides is 1. The Morgan fingerprint density at radius 1 is 0.579 bits per heavy atom. The van der Waals surface area contributed by atoms with Crippen LogP contribution in [-0.4, -0.2) is 43.3 Å². The minimum absolute atomic E-state index is 0.0361. The molecule has 9 nitrogen and oxygen atoms in total. The summed E-state index contributed by atoms with van der Waals surface area (Å²) in [6.07, 6.45) is -1.38. The number of nitrogens with zero attached hydrogens (tertiary/aromatic N) is 1. The van der Waals surface area contributed by atoms with E-state index in [4.69, 9.17) is 18.9 Å². The Balaban J connectivity index is 0.000000203. The van der Waals surface area contributed by atoms with E-state index in [9.17, 15) is 23.2 Å². The van der Waals surface area contributed by atoms with Crippen molar-refractivity contribution in [2.45, 2.75) is 65.3 Å². The van der Waals surface area contributed by atoms with Gasteiger partial charge in [0.2, 0.25) is 0 Å². The van der Waals surface area contributed by atoms with Gasteiger partial charge in [-0.05, 0) is 83.8 Å². The van der Waals surface area contributed by atoms with Crippen LogP contribution in [0.3, 0.4) is 0 Å². The third kappa shape index (κ3) is 14.5. The van der Waals surface area contributed by atoms with Crippen molar-refractivity contribution in [2.75, 3.05) is 19.7 Å². The Labute approximate surface area is 443 Å². The molecule has 2 atom stereocenters. The second kappa shape index (κ2) is 26.0. The number of carbonyl (C=O) groups excluding carboxylic acids is 3. The number of ether oxygens (including phenoxy) is 4. The number of nitrogens with one attached hydrogen (secondary N) is 1. The molecule has 0 radical (unpaired) electrons. The van der Waals surface area contributed by atoms with Gasteiger partial charge < -0.3 is 24.3 Å². The summed E-state index contributed by atoms with van der Waals surface area (Å²) < 4.78 is 51.8. The Morgan fingerprint density at radius 2 is 1.05 bits per heavy atom. The molecule has 1 N–H and O–H groups in total. The fourth-order valence-corrected chi connectivity index (χ4v) is 8.95. The molecule has 8 aromatic carbocycles. The highest BCUT2D eigenvalue weighted by Crippen LogP contribution is 2.44. The summed E-state index contributed by atoms with van der Waals surface area (Å²) in [7, 11) is 0. The minimum atomic E-state index is -0.858. The maximum Gasteiger partial charge on any atom is 0.407 e. The maximum absolute atomic E-state index is 14.9. The van der Waals surface area contributed by atoms with Crippen LogP contribution in [0.15, 0.2) is 199 Å². The molecule has 76 heavy (non-hydrogen) atoms. The molecule has 9 rings (SSSR count). The number of esters is 1.